The van der Waals surface area contributed by atoms with Crippen LogP contribution >= 0.6 is 0 Å². The monoisotopic (exact) mass is 651 g/mol. The maximum atomic E-state index is 4.96. The van der Waals surface area contributed by atoms with Gasteiger partial charge in [-0.25, -0.2) is 15.0 Å². The first-order valence-corrected chi connectivity index (χ1v) is 17.7. The van der Waals surface area contributed by atoms with Crippen LogP contribution < -0.4 is 10.4 Å². The SMILES string of the molecule is C1=c2ccccc2=C(c2ccc3c(c2)-c2cc(-c4ccc(-c5nc(-c6ccccc6)nc(-c6ccccc6)n5)cc4)c4ccccc4c2C3)CC1. The summed E-state index contributed by atoms with van der Waals surface area (Å²) >= 11 is 0. The van der Waals surface area contributed by atoms with Crippen molar-refractivity contribution >= 4 is 22.4 Å². The predicted octanol–water partition coefficient (Wildman–Crippen LogP) is 10.0. The third-order valence-electron chi connectivity index (χ3n) is 10.5. The van der Waals surface area contributed by atoms with E-state index in [0.717, 1.165) is 36.0 Å². The molecule has 0 bridgehead atoms. The molecule has 3 heteroatoms. The van der Waals surface area contributed by atoms with E-state index in [4.69, 9.17) is 15.0 Å². The predicted molar refractivity (Wildman–Crippen MR) is 209 cm³/mol. The van der Waals surface area contributed by atoms with Crippen LogP contribution in [0.1, 0.15) is 29.5 Å². The summed E-state index contributed by atoms with van der Waals surface area (Å²) in [5.74, 6) is 1.99. The summed E-state index contributed by atoms with van der Waals surface area (Å²) in [6.45, 7) is 0. The van der Waals surface area contributed by atoms with Gasteiger partial charge in [0, 0.05) is 16.7 Å². The van der Waals surface area contributed by atoms with Crippen molar-refractivity contribution in [3.05, 3.63) is 185 Å². The number of benzene rings is 7. The Hall–Kier alpha value is -6.45. The lowest BCUT2D eigenvalue weighted by atomic mass is 9.89. The highest BCUT2D eigenvalue weighted by atomic mass is 15.0. The molecular weight excluding hydrogens is 619 g/mol. The molecule has 51 heavy (non-hydrogen) atoms. The molecule has 0 spiro atoms. The molecule has 10 rings (SSSR count). The minimum Gasteiger partial charge on any atom is -0.208 e. The van der Waals surface area contributed by atoms with E-state index in [-0.39, 0.29) is 0 Å². The van der Waals surface area contributed by atoms with Gasteiger partial charge in [-0.15, -0.1) is 0 Å². The van der Waals surface area contributed by atoms with Crippen molar-refractivity contribution in [1.29, 1.82) is 0 Å². The van der Waals surface area contributed by atoms with E-state index in [0.29, 0.717) is 17.5 Å². The smallest absolute Gasteiger partial charge is 0.164 e. The summed E-state index contributed by atoms with van der Waals surface area (Å²) in [5.41, 5.74) is 13.6. The van der Waals surface area contributed by atoms with Crippen LogP contribution in [0.4, 0.5) is 0 Å². The minimum absolute atomic E-state index is 0.661. The standard InChI is InChI=1S/C48H33N3/c1-3-13-33(14-4-1)46-49-47(34-15-5-2-6-16-34)51-48(50-46)35-24-22-32(23-25-35)43-30-45-42-28-36(39-21-11-17-31-12-7-8-18-38(31)39)26-27-37(42)29-44(45)41-20-10-9-19-40(41)43/h1-10,12-20,22-28,30H,11,21,29H2. The third-order valence-corrected chi connectivity index (χ3v) is 10.5. The van der Waals surface area contributed by atoms with Crippen LogP contribution in [0, 0.1) is 0 Å². The summed E-state index contributed by atoms with van der Waals surface area (Å²) in [6, 6.07) is 56.3. The van der Waals surface area contributed by atoms with E-state index >= 15 is 0 Å². The molecule has 240 valence electrons. The Balaban J connectivity index is 1.08. The first-order chi connectivity index (χ1) is 25.3. The zero-order chi connectivity index (χ0) is 33.7. The molecular formula is C48H33N3. The molecule has 0 saturated carbocycles. The molecule has 7 aromatic carbocycles. The zero-order valence-corrected chi connectivity index (χ0v) is 28.1. The molecule has 2 aliphatic carbocycles. The Morgan fingerprint density at radius 1 is 0.412 bits per heavy atom. The van der Waals surface area contributed by atoms with Crippen molar-refractivity contribution in [3.8, 4) is 56.4 Å². The van der Waals surface area contributed by atoms with E-state index in [2.05, 4.69) is 103 Å². The van der Waals surface area contributed by atoms with Gasteiger partial charge in [0.2, 0.25) is 0 Å². The van der Waals surface area contributed by atoms with Crippen LogP contribution in [0.25, 0.3) is 78.8 Å². The second kappa shape index (κ2) is 12.2. The van der Waals surface area contributed by atoms with Gasteiger partial charge in [0.15, 0.2) is 17.5 Å². The lowest BCUT2D eigenvalue weighted by Crippen LogP contribution is -2.29. The molecule has 0 N–H and O–H groups in total. The third kappa shape index (κ3) is 5.17. The van der Waals surface area contributed by atoms with E-state index in [1.54, 1.807) is 0 Å². The fourth-order valence-corrected chi connectivity index (χ4v) is 7.96. The average Bonchev–Trinajstić information content (AvgIpc) is 3.59. The highest BCUT2D eigenvalue weighted by Gasteiger charge is 2.24. The number of fused-ring (bicyclic) bond motifs is 6. The lowest BCUT2D eigenvalue weighted by Gasteiger charge is -2.15. The number of aromatic nitrogens is 3. The molecule has 0 saturated heterocycles. The van der Waals surface area contributed by atoms with Crippen LogP contribution in [0.2, 0.25) is 0 Å². The van der Waals surface area contributed by atoms with Gasteiger partial charge in [0.25, 0.3) is 0 Å². The Morgan fingerprint density at radius 2 is 0.980 bits per heavy atom. The van der Waals surface area contributed by atoms with Gasteiger partial charge in [-0.1, -0.05) is 152 Å². The molecule has 0 radical (unpaired) electrons. The fraction of sp³-hybridized carbons (Fsp3) is 0.0625. The molecule has 0 amide bonds. The van der Waals surface area contributed by atoms with Gasteiger partial charge in [-0.05, 0) is 97.1 Å². The Kier molecular flexibility index (Phi) is 7.02. The molecule has 0 atom stereocenters. The van der Waals surface area contributed by atoms with Crippen molar-refractivity contribution in [2.24, 2.45) is 0 Å². The van der Waals surface area contributed by atoms with Crippen LogP contribution in [0.15, 0.2) is 158 Å². The molecule has 1 aromatic heterocycles. The summed E-state index contributed by atoms with van der Waals surface area (Å²) < 4.78 is 0. The van der Waals surface area contributed by atoms with Gasteiger partial charge >= 0.3 is 0 Å². The van der Waals surface area contributed by atoms with Crippen molar-refractivity contribution in [2.75, 3.05) is 0 Å². The molecule has 8 aromatic rings. The molecule has 0 fully saturated rings. The van der Waals surface area contributed by atoms with Crippen molar-refractivity contribution in [1.82, 2.24) is 15.0 Å². The van der Waals surface area contributed by atoms with Crippen molar-refractivity contribution in [2.45, 2.75) is 19.3 Å². The number of rotatable bonds is 5. The minimum atomic E-state index is 0.661. The highest BCUT2D eigenvalue weighted by molar-refractivity contribution is 6.05. The summed E-state index contributed by atoms with van der Waals surface area (Å²) in [7, 11) is 0. The first-order valence-electron chi connectivity index (χ1n) is 17.7. The second-order valence-corrected chi connectivity index (χ2v) is 13.5. The summed E-state index contributed by atoms with van der Waals surface area (Å²) in [5, 5.41) is 5.32. The Labute approximate surface area is 297 Å². The maximum Gasteiger partial charge on any atom is 0.164 e. The number of hydrogen-bond acceptors (Lipinski definition) is 3. The zero-order valence-electron chi connectivity index (χ0n) is 28.1. The molecule has 1 heterocycles. The quantitative estimate of drug-likeness (QED) is 0.186. The summed E-state index contributed by atoms with van der Waals surface area (Å²) in [4.78, 5) is 14.8. The van der Waals surface area contributed by atoms with Gasteiger partial charge in [0.1, 0.15) is 0 Å². The molecule has 0 unspecified atom stereocenters. The van der Waals surface area contributed by atoms with Crippen molar-refractivity contribution < 1.29 is 0 Å². The van der Waals surface area contributed by atoms with Gasteiger partial charge in [0.05, 0.1) is 0 Å². The van der Waals surface area contributed by atoms with Crippen LogP contribution in [-0.4, -0.2) is 15.0 Å². The van der Waals surface area contributed by atoms with E-state index in [1.807, 2.05) is 60.7 Å². The molecule has 2 aliphatic rings. The number of nitrogens with zero attached hydrogens (tertiary/aromatic N) is 3. The van der Waals surface area contributed by atoms with Crippen LogP contribution in [0.5, 0.6) is 0 Å². The first kappa shape index (κ1) is 29.5. The summed E-state index contributed by atoms with van der Waals surface area (Å²) in [6.07, 6.45) is 5.48. The number of hydrogen-bond donors (Lipinski definition) is 0. The van der Waals surface area contributed by atoms with Gasteiger partial charge in [-0.2, -0.15) is 0 Å². The fourth-order valence-electron chi connectivity index (χ4n) is 7.96. The lowest BCUT2D eigenvalue weighted by molar-refractivity contribution is 1.07. The Morgan fingerprint density at radius 3 is 1.69 bits per heavy atom. The van der Waals surface area contributed by atoms with E-state index in [1.165, 1.54) is 65.7 Å². The molecule has 3 nitrogen and oxygen atoms in total. The van der Waals surface area contributed by atoms with E-state index < -0.39 is 0 Å². The normalized spacial score (nSPS) is 13.0. The molecule has 0 aliphatic heterocycles. The topological polar surface area (TPSA) is 38.7 Å². The second-order valence-electron chi connectivity index (χ2n) is 13.5. The van der Waals surface area contributed by atoms with Crippen LogP contribution in [0.3, 0.4) is 0 Å². The average molecular weight is 652 g/mol. The van der Waals surface area contributed by atoms with E-state index in [9.17, 15) is 0 Å². The van der Waals surface area contributed by atoms with Gasteiger partial charge in [-0.3, -0.25) is 0 Å². The highest BCUT2D eigenvalue weighted by Crippen LogP contribution is 2.45. The van der Waals surface area contributed by atoms with Gasteiger partial charge < -0.3 is 0 Å². The largest absolute Gasteiger partial charge is 0.208 e. The van der Waals surface area contributed by atoms with Crippen LogP contribution in [-0.2, 0) is 6.42 Å². The van der Waals surface area contributed by atoms with Crippen molar-refractivity contribution in [3.63, 3.8) is 0 Å². The Bertz CT molecular complexity index is 2690. The maximum absolute atomic E-state index is 4.96.